The van der Waals surface area contributed by atoms with Crippen molar-refractivity contribution in [2.24, 2.45) is 0 Å². The lowest BCUT2D eigenvalue weighted by Gasteiger charge is -2.56. The molecule has 1 saturated heterocycles. The Labute approximate surface area is 221 Å². The number of fused-ring (bicyclic) bond motifs is 4. The van der Waals surface area contributed by atoms with E-state index in [2.05, 4.69) is 4.98 Å². The molecular formula is C31H31N3O4. The Balaban J connectivity index is 1.36. The number of amides is 2. The standard InChI is InChI=1S/C31H31N3O4/c1-38-23-12-13-24-25(16-23)32-30-26(17-35)34(28(37)15-22-10-6-3-7-11-22)20-31(29(24)30)18-33(19-31)27(36)14-21-8-4-2-5-9-21/h2-13,16,26,32,35H,14-15,17-20H2,1H3/t26-/m0/s1. The maximum absolute atomic E-state index is 13.6. The van der Waals surface area contributed by atoms with Gasteiger partial charge in [0.05, 0.1) is 38.0 Å². The van der Waals surface area contributed by atoms with Gasteiger partial charge in [-0.25, -0.2) is 0 Å². The molecular weight excluding hydrogens is 478 g/mol. The van der Waals surface area contributed by atoms with Crippen molar-refractivity contribution in [1.82, 2.24) is 14.8 Å². The first-order valence-corrected chi connectivity index (χ1v) is 13.0. The number of rotatable bonds is 6. The average molecular weight is 510 g/mol. The Morgan fingerprint density at radius 1 is 0.921 bits per heavy atom. The summed E-state index contributed by atoms with van der Waals surface area (Å²) in [6.07, 6.45) is 0.609. The Morgan fingerprint density at radius 2 is 1.55 bits per heavy atom. The van der Waals surface area contributed by atoms with Crippen LogP contribution in [0, 0.1) is 0 Å². The smallest absolute Gasteiger partial charge is 0.227 e. The summed E-state index contributed by atoms with van der Waals surface area (Å²) in [4.78, 5) is 34.0. The van der Waals surface area contributed by atoms with E-state index in [4.69, 9.17) is 4.74 Å². The quantitative estimate of drug-likeness (QED) is 0.416. The number of nitrogens with one attached hydrogen (secondary N) is 1. The number of nitrogens with zero attached hydrogens (tertiary/aromatic N) is 2. The van der Waals surface area contributed by atoms with Gasteiger partial charge in [0.25, 0.3) is 0 Å². The van der Waals surface area contributed by atoms with Gasteiger partial charge < -0.3 is 24.6 Å². The molecule has 1 fully saturated rings. The lowest BCUT2D eigenvalue weighted by atomic mass is 9.68. The average Bonchev–Trinajstić information content (AvgIpc) is 3.31. The number of benzene rings is 3. The molecule has 0 saturated carbocycles. The Kier molecular flexibility index (Phi) is 6.16. The lowest BCUT2D eigenvalue weighted by molar-refractivity contribution is -0.144. The van der Waals surface area contributed by atoms with Crippen LogP contribution in [0.15, 0.2) is 78.9 Å². The van der Waals surface area contributed by atoms with Crippen LogP contribution >= 0.6 is 0 Å². The largest absolute Gasteiger partial charge is 0.497 e. The van der Waals surface area contributed by atoms with Crippen molar-refractivity contribution < 1.29 is 19.4 Å². The molecule has 194 valence electrons. The first-order valence-electron chi connectivity index (χ1n) is 13.0. The van der Waals surface area contributed by atoms with Gasteiger partial charge in [0.1, 0.15) is 5.75 Å². The number of aliphatic hydroxyl groups excluding tert-OH is 1. The molecule has 0 bridgehead atoms. The summed E-state index contributed by atoms with van der Waals surface area (Å²) in [5, 5.41) is 11.6. The number of aromatic amines is 1. The molecule has 0 radical (unpaired) electrons. The Hall–Kier alpha value is -4.10. The van der Waals surface area contributed by atoms with Crippen LogP contribution in [0.2, 0.25) is 0 Å². The fraction of sp³-hybridized carbons (Fsp3) is 0.290. The van der Waals surface area contributed by atoms with Gasteiger partial charge >= 0.3 is 0 Å². The van der Waals surface area contributed by atoms with E-state index >= 15 is 0 Å². The summed E-state index contributed by atoms with van der Waals surface area (Å²) in [7, 11) is 1.63. The highest BCUT2D eigenvalue weighted by Gasteiger charge is 2.54. The van der Waals surface area contributed by atoms with Gasteiger partial charge in [0.15, 0.2) is 0 Å². The third-order valence-electron chi connectivity index (χ3n) is 7.98. The number of ether oxygens (including phenoxy) is 1. The van der Waals surface area contributed by atoms with Gasteiger partial charge in [0, 0.05) is 42.3 Å². The maximum atomic E-state index is 13.6. The number of carbonyl (C=O) groups is 2. The number of hydrogen-bond acceptors (Lipinski definition) is 4. The van der Waals surface area contributed by atoms with E-state index in [0.29, 0.717) is 26.1 Å². The van der Waals surface area contributed by atoms with E-state index in [9.17, 15) is 14.7 Å². The summed E-state index contributed by atoms with van der Waals surface area (Å²) >= 11 is 0. The van der Waals surface area contributed by atoms with Crippen LogP contribution < -0.4 is 4.74 Å². The molecule has 7 heteroatoms. The van der Waals surface area contributed by atoms with Gasteiger partial charge in [-0.05, 0) is 28.8 Å². The number of hydrogen-bond donors (Lipinski definition) is 2. The van der Waals surface area contributed by atoms with Crippen molar-refractivity contribution in [2.75, 3.05) is 33.4 Å². The number of carbonyl (C=O) groups excluding carboxylic acids is 2. The minimum absolute atomic E-state index is 0.0365. The molecule has 3 aromatic carbocycles. The van der Waals surface area contributed by atoms with Crippen LogP contribution in [-0.2, 0) is 27.8 Å². The Morgan fingerprint density at radius 3 is 2.16 bits per heavy atom. The predicted molar refractivity (Wildman–Crippen MR) is 145 cm³/mol. The second-order valence-corrected chi connectivity index (χ2v) is 10.4. The lowest BCUT2D eigenvalue weighted by Crippen LogP contribution is -2.68. The zero-order valence-corrected chi connectivity index (χ0v) is 21.4. The van der Waals surface area contributed by atoms with Gasteiger partial charge in [-0.15, -0.1) is 0 Å². The van der Waals surface area contributed by atoms with Crippen LogP contribution in [-0.4, -0.2) is 65.1 Å². The molecule has 2 aliphatic heterocycles. The number of aromatic nitrogens is 1. The Bertz CT molecular complexity index is 1480. The predicted octanol–water partition coefficient (Wildman–Crippen LogP) is 3.62. The molecule has 2 amide bonds. The van der Waals surface area contributed by atoms with E-state index < -0.39 is 11.5 Å². The fourth-order valence-corrected chi connectivity index (χ4v) is 6.14. The van der Waals surface area contributed by atoms with Crippen molar-refractivity contribution in [3.8, 4) is 5.75 Å². The molecule has 0 aliphatic carbocycles. The molecule has 4 aromatic rings. The van der Waals surface area contributed by atoms with Crippen LogP contribution in [0.1, 0.15) is 28.4 Å². The van der Waals surface area contributed by atoms with E-state index in [1.54, 1.807) is 12.0 Å². The van der Waals surface area contributed by atoms with Crippen molar-refractivity contribution in [3.05, 3.63) is 101 Å². The molecule has 6 rings (SSSR count). The fourth-order valence-electron chi connectivity index (χ4n) is 6.14. The molecule has 1 spiro atoms. The second kappa shape index (κ2) is 9.65. The second-order valence-electron chi connectivity index (χ2n) is 10.4. The van der Waals surface area contributed by atoms with Gasteiger partial charge in [-0.1, -0.05) is 60.7 Å². The van der Waals surface area contributed by atoms with Crippen molar-refractivity contribution in [3.63, 3.8) is 0 Å². The monoisotopic (exact) mass is 509 g/mol. The van der Waals surface area contributed by atoms with Crippen LogP contribution in [0.4, 0.5) is 0 Å². The SMILES string of the molecule is COc1ccc2c3c([nH]c2c1)[C@H](CO)N(C(=O)Cc1ccccc1)CC31CN(C(=O)Cc2ccccc2)C1. The number of aliphatic hydroxyl groups is 1. The first-order chi connectivity index (χ1) is 18.5. The summed E-state index contributed by atoms with van der Waals surface area (Å²) in [5.74, 6) is 0.776. The maximum Gasteiger partial charge on any atom is 0.227 e. The molecule has 1 aromatic heterocycles. The van der Waals surface area contributed by atoms with Gasteiger partial charge in [-0.3, -0.25) is 9.59 Å². The normalized spacial score (nSPS) is 17.8. The van der Waals surface area contributed by atoms with Crippen LogP contribution in [0.3, 0.4) is 0 Å². The molecule has 2 N–H and O–H groups in total. The minimum Gasteiger partial charge on any atom is -0.497 e. The summed E-state index contributed by atoms with van der Waals surface area (Å²) in [5.41, 5.74) is 4.36. The molecule has 2 aliphatic rings. The van der Waals surface area contributed by atoms with E-state index in [1.807, 2.05) is 83.8 Å². The van der Waals surface area contributed by atoms with Crippen molar-refractivity contribution >= 4 is 22.7 Å². The van der Waals surface area contributed by atoms with Crippen LogP contribution in [0.25, 0.3) is 10.9 Å². The molecule has 1 atom stereocenters. The van der Waals surface area contributed by atoms with Gasteiger partial charge in [-0.2, -0.15) is 0 Å². The van der Waals surface area contributed by atoms with E-state index in [0.717, 1.165) is 39.0 Å². The molecule has 7 nitrogen and oxygen atoms in total. The van der Waals surface area contributed by atoms with Crippen LogP contribution in [0.5, 0.6) is 5.75 Å². The highest BCUT2D eigenvalue weighted by Crippen LogP contribution is 2.48. The van der Waals surface area contributed by atoms with E-state index in [-0.39, 0.29) is 24.8 Å². The summed E-state index contributed by atoms with van der Waals surface area (Å²) in [6.45, 7) is 1.31. The molecule has 3 heterocycles. The zero-order chi connectivity index (χ0) is 26.3. The van der Waals surface area contributed by atoms with Crippen molar-refractivity contribution in [1.29, 1.82) is 0 Å². The van der Waals surface area contributed by atoms with E-state index in [1.165, 1.54) is 0 Å². The molecule has 0 unspecified atom stereocenters. The summed E-state index contributed by atoms with van der Waals surface area (Å²) in [6, 6.07) is 24.9. The highest BCUT2D eigenvalue weighted by atomic mass is 16.5. The number of H-pyrrole nitrogens is 1. The third-order valence-corrected chi connectivity index (χ3v) is 7.98. The topological polar surface area (TPSA) is 85.9 Å². The number of methoxy groups -OCH3 is 1. The highest BCUT2D eigenvalue weighted by molar-refractivity contribution is 5.90. The third kappa shape index (κ3) is 4.13. The minimum atomic E-state index is -0.487. The molecule has 38 heavy (non-hydrogen) atoms. The zero-order valence-electron chi connectivity index (χ0n) is 21.4. The summed E-state index contributed by atoms with van der Waals surface area (Å²) < 4.78 is 5.44. The first kappa shape index (κ1) is 24.2. The number of likely N-dealkylation sites (tertiary alicyclic amines) is 1. The van der Waals surface area contributed by atoms with Crippen molar-refractivity contribution in [2.45, 2.75) is 24.3 Å². The van der Waals surface area contributed by atoms with Gasteiger partial charge in [0.2, 0.25) is 11.8 Å².